The molecule has 3 heteroatoms. The van der Waals surface area contributed by atoms with Crippen molar-refractivity contribution in [1.82, 2.24) is 0 Å². The molecule has 0 saturated heterocycles. The van der Waals surface area contributed by atoms with Gasteiger partial charge in [0.15, 0.2) is 0 Å². The summed E-state index contributed by atoms with van der Waals surface area (Å²) in [6.45, 7) is 9.46. The highest BCUT2D eigenvalue weighted by Crippen LogP contribution is 2.45. The molecule has 1 aromatic rings. The molecule has 2 rings (SSSR count). The van der Waals surface area contributed by atoms with E-state index in [1.807, 2.05) is 6.07 Å². The van der Waals surface area contributed by atoms with Crippen LogP contribution in [0.1, 0.15) is 32.8 Å². The van der Waals surface area contributed by atoms with Gasteiger partial charge in [-0.1, -0.05) is 19.9 Å². The van der Waals surface area contributed by atoms with Crippen LogP contribution in [0.15, 0.2) is 18.2 Å². The molecule has 1 aliphatic carbocycles. The van der Waals surface area contributed by atoms with Crippen LogP contribution >= 0.6 is 0 Å². The predicted octanol–water partition coefficient (Wildman–Crippen LogP) is 3.62. The molecule has 1 saturated carbocycles. The molecule has 0 bridgehead atoms. The summed E-state index contributed by atoms with van der Waals surface area (Å²) in [5, 5.41) is 3.61. The first-order valence-electron chi connectivity index (χ1n) is 7.01. The molecule has 0 spiro atoms. The predicted molar refractivity (Wildman–Crippen MR) is 79.0 cm³/mol. The Labute approximate surface area is 116 Å². The van der Waals surface area contributed by atoms with Gasteiger partial charge < -0.3 is 14.8 Å². The maximum absolute atomic E-state index is 5.77. The Kier molecular flexibility index (Phi) is 4.04. The summed E-state index contributed by atoms with van der Waals surface area (Å²) in [5.74, 6) is 0.904. The van der Waals surface area contributed by atoms with Gasteiger partial charge in [0, 0.05) is 18.1 Å². The van der Waals surface area contributed by atoms with Gasteiger partial charge in [-0.25, -0.2) is 0 Å². The van der Waals surface area contributed by atoms with Gasteiger partial charge in [0.25, 0.3) is 0 Å². The number of hydrogen-bond donors (Lipinski definition) is 1. The summed E-state index contributed by atoms with van der Waals surface area (Å²) in [6.07, 6.45) is 1.41. The van der Waals surface area contributed by atoms with E-state index in [4.69, 9.17) is 9.47 Å². The zero-order valence-electron chi connectivity index (χ0n) is 12.6. The van der Waals surface area contributed by atoms with Crippen molar-refractivity contribution in [1.29, 1.82) is 0 Å². The zero-order valence-corrected chi connectivity index (χ0v) is 12.6. The third-order valence-corrected chi connectivity index (χ3v) is 4.23. The highest BCUT2D eigenvalue weighted by molar-refractivity contribution is 5.59. The molecule has 0 aliphatic heterocycles. The second kappa shape index (κ2) is 5.41. The molecule has 1 aliphatic rings. The van der Waals surface area contributed by atoms with Crippen LogP contribution < -0.4 is 10.1 Å². The molecule has 1 fully saturated rings. The molecule has 2 atom stereocenters. The summed E-state index contributed by atoms with van der Waals surface area (Å²) in [6, 6.07) is 6.66. The van der Waals surface area contributed by atoms with Crippen LogP contribution in [0, 0.1) is 12.3 Å². The first kappa shape index (κ1) is 14.2. The third kappa shape index (κ3) is 2.71. The minimum Gasteiger partial charge on any atom is -0.495 e. The number of ether oxygens (including phenoxy) is 2. The average Bonchev–Trinajstić information content (AvgIpc) is 2.38. The molecule has 1 N–H and O–H groups in total. The van der Waals surface area contributed by atoms with E-state index in [0.29, 0.717) is 12.1 Å². The summed E-state index contributed by atoms with van der Waals surface area (Å²) >= 11 is 0. The fourth-order valence-electron chi connectivity index (χ4n) is 2.74. The highest BCUT2D eigenvalue weighted by atomic mass is 16.5. The van der Waals surface area contributed by atoms with Crippen molar-refractivity contribution in [2.45, 2.75) is 46.3 Å². The van der Waals surface area contributed by atoms with E-state index in [1.54, 1.807) is 7.11 Å². The van der Waals surface area contributed by atoms with E-state index in [1.165, 1.54) is 5.56 Å². The quantitative estimate of drug-likeness (QED) is 0.880. The maximum Gasteiger partial charge on any atom is 0.141 e. The Bertz CT molecular complexity index is 442. The fraction of sp³-hybridized carbons (Fsp3) is 0.625. The van der Waals surface area contributed by atoms with Crippen molar-refractivity contribution in [3.63, 3.8) is 0 Å². The van der Waals surface area contributed by atoms with Gasteiger partial charge in [-0.3, -0.25) is 0 Å². The summed E-state index contributed by atoms with van der Waals surface area (Å²) < 4.78 is 11.2. The molecule has 0 aromatic heterocycles. The van der Waals surface area contributed by atoms with E-state index in [2.05, 4.69) is 45.1 Å². The van der Waals surface area contributed by atoms with Gasteiger partial charge in [0.2, 0.25) is 0 Å². The molecule has 1 aromatic carbocycles. The van der Waals surface area contributed by atoms with Crippen LogP contribution in [-0.4, -0.2) is 25.9 Å². The van der Waals surface area contributed by atoms with Crippen molar-refractivity contribution in [2.24, 2.45) is 5.41 Å². The molecule has 0 heterocycles. The smallest absolute Gasteiger partial charge is 0.141 e. The molecule has 2 unspecified atom stereocenters. The lowest BCUT2D eigenvalue weighted by atomic mass is 9.64. The topological polar surface area (TPSA) is 30.5 Å². The van der Waals surface area contributed by atoms with Crippen LogP contribution in [0.5, 0.6) is 5.75 Å². The number of hydrogen-bond acceptors (Lipinski definition) is 3. The zero-order chi connectivity index (χ0) is 14.0. The number of rotatable bonds is 5. The second-order valence-electron chi connectivity index (χ2n) is 5.90. The van der Waals surface area contributed by atoms with Crippen LogP contribution in [0.3, 0.4) is 0 Å². The van der Waals surface area contributed by atoms with E-state index in [9.17, 15) is 0 Å². The van der Waals surface area contributed by atoms with Gasteiger partial charge in [0.05, 0.1) is 18.9 Å². The van der Waals surface area contributed by atoms with Crippen LogP contribution in [0.4, 0.5) is 5.69 Å². The normalized spacial score (nSPS) is 24.7. The summed E-state index contributed by atoms with van der Waals surface area (Å²) in [7, 11) is 1.71. The molecular weight excluding hydrogens is 238 g/mol. The summed E-state index contributed by atoms with van der Waals surface area (Å²) in [4.78, 5) is 0. The Morgan fingerprint density at radius 3 is 2.68 bits per heavy atom. The lowest BCUT2D eigenvalue weighted by Gasteiger charge is -2.52. The lowest BCUT2D eigenvalue weighted by Crippen LogP contribution is -2.58. The van der Waals surface area contributed by atoms with Crippen molar-refractivity contribution in [2.75, 3.05) is 19.0 Å². The second-order valence-corrected chi connectivity index (χ2v) is 5.90. The van der Waals surface area contributed by atoms with Gasteiger partial charge in [-0.2, -0.15) is 0 Å². The highest BCUT2D eigenvalue weighted by Gasteiger charge is 2.49. The Morgan fingerprint density at radius 1 is 1.37 bits per heavy atom. The molecule has 0 radical (unpaired) electrons. The van der Waals surface area contributed by atoms with Gasteiger partial charge in [0.1, 0.15) is 5.75 Å². The van der Waals surface area contributed by atoms with Gasteiger partial charge in [-0.15, -0.1) is 0 Å². The first-order chi connectivity index (χ1) is 8.98. The molecule has 106 valence electrons. The van der Waals surface area contributed by atoms with Crippen molar-refractivity contribution in [3.05, 3.63) is 23.8 Å². The lowest BCUT2D eigenvalue weighted by molar-refractivity contribution is -0.0976. The van der Waals surface area contributed by atoms with Crippen LogP contribution in [0.2, 0.25) is 0 Å². The SMILES string of the molecule is CCOC1CC(Nc2cc(C)ccc2OC)C1(C)C. The third-order valence-electron chi connectivity index (χ3n) is 4.23. The van der Waals surface area contributed by atoms with Crippen LogP contribution in [0.25, 0.3) is 0 Å². The standard InChI is InChI=1S/C16H25NO2/c1-6-19-15-10-14(16(15,3)4)17-12-9-11(2)7-8-13(12)18-5/h7-9,14-15,17H,6,10H2,1-5H3. The first-order valence-corrected chi connectivity index (χ1v) is 7.01. The minimum absolute atomic E-state index is 0.158. The van der Waals surface area contributed by atoms with E-state index >= 15 is 0 Å². The van der Waals surface area contributed by atoms with E-state index in [-0.39, 0.29) is 5.41 Å². The Hall–Kier alpha value is -1.22. The number of nitrogens with one attached hydrogen (secondary N) is 1. The molecule has 0 amide bonds. The maximum atomic E-state index is 5.77. The van der Waals surface area contributed by atoms with E-state index in [0.717, 1.165) is 24.5 Å². The summed E-state index contributed by atoms with van der Waals surface area (Å²) in [5.41, 5.74) is 2.47. The average molecular weight is 263 g/mol. The largest absolute Gasteiger partial charge is 0.495 e. The number of aryl methyl sites for hydroxylation is 1. The number of methoxy groups -OCH3 is 1. The number of benzene rings is 1. The van der Waals surface area contributed by atoms with Crippen molar-refractivity contribution < 1.29 is 9.47 Å². The van der Waals surface area contributed by atoms with Crippen molar-refractivity contribution >= 4 is 5.69 Å². The fourth-order valence-corrected chi connectivity index (χ4v) is 2.74. The van der Waals surface area contributed by atoms with Crippen LogP contribution in [-0.2, 0) is 4.74 Å². The molecule has 3 nitrogen and oxygen atoms in total. The van der Waals surface area contributed by atoms with Gasteiger partial charge in [-0.05, 0) is 38.0 Å². The molecular formula is C16H25NO2. The van der Waals surface area contributed by atoms with Gasteiger partial charge >= 0.3 is 0 Å². The Balaban J connectivity index is 2.09. The number of anilines is 1. The van der Waals surface area contributed by atoms with Crippen molar-refractivity contribution in [3.8, 4) is 5.75 Å². The van der Waals surface area contributed by atoms with E-state index < -0.39 is 0 Å². The monoisotopic (exact) mass is 263 g/mol. The minimum atomic E-state index is 0.158. The Morgan fingerprint density at radius 2 is 2.11 bits per heavy atom. The molecule has 19 heavy (non-hydrogen) atoms.